The van der Waals surface area contributed by atoms with E-state index in [1.807, 2.05) is 0 Å². The highest BCUT2D eigenvalue weighted by molar-refractivity contribution is 6.29. The van der Waals surface area contributed by atoms with Gasteiger partial charge in [-0.15, -0.1) is 0 Å². The maximum atomic E-state index is 11.1. The summed E-state index contributed by atoms with van der Waals surface area (Å²) in [5, 5.41) is 9.85. The van der Waals surface area contributed by atoms with Crippen molar-refractivity contribution in [1.82, 2.24) is 9.55 Å². The Morgan fingerprint density at radius 3 is 2.93 bits per heavy atom. The highest BCUT2D eigenvalue weighted by atomic mass is 35.5. The van der Waals surface area contributed by atoms with E-state index < -0.39 is 12.1 Å². The van der Waals surface area contributed by atoms with Gasteiger partial charge in [-0.05, 0) is 6.92 Å². The van der Waals surface area contributed by atoms with Gasteiger partial charge >= 0.3 is 5.97 Å². The van der Waals surface area contributed by atoms with Gasteiger partial charge in [-0.3, -0.25) is 0 Å². The van der Waals surface area contributed by atoms with E-state index >= 15 is 0 Å². The molecule has 1 rings (SSSR count). The molecule has 14 heavy (non-hydrogen) atoms. The van der Waals surface area contributed by atoms with Crippen molar-refractivity contribution in [2.24, 2.45) is 7.05 Å². The van der Waals surface area contributed by atoms with Crippen LogP contribution in [0.4, 0.5) is 0 Å². The lowest BCUT2D eigenvalue weighted by Gasteiger charge is -2.09. The zero-order valence-electron chi connectivity index (χ0n) is 7.90. The van der Waals surface area contributed by atoms with Crippen LogP contribution >= 0.6 is 11.6 Å². The fraction of sp³-hybridized carbons (Fsp3) is 0.500. The van der Waals surface area contributed by atoms with Gasteiger partial charge in [0.05, 0.1) is 12.8 Å². The summed E-state index contributed by atoms with van der Waals surface area (Å²) < 4.78 is 6.06. The Hall–Kier alpha value is -1.07. The third kappa shape index (κ3) is 2.05. The first kappa shape index (κ1) is 11.0. The number of aliphatic hydroxyl groups excluding tert-OH is 1. The van der Waals surface area contributed by atoms with E-state index in [2.05, 4.69) is 9.72 Å². The average Bonchev–Trinajstić information content (AvgIpc) is 2.47. The maximum Gasteiger partial charge on any atom is 0.342 e. The van der Waals surface area contributed by atoms with Crippen LogP contribution in [0.1, 0.15) is 18.9 Å². The van der Waals surface area contributed by atoms with E-state index in [1.165, 1.54) is 10.8 Å². The average molecular weight is 219 g/mol. The molecule has 1 atom stereocenters. The molecule has 1 N–H and O–H groups in total. The van der Waals surface area contributed by atoms with Gasteiger partial charge in [0.25, 0.3) is 0 Å². The minimum Gasteiger partial charge on any atom is -0.464 e. The Labute approximate surface area is 86.3 Å². The van der Waals surface area contributed by atoms with Crippen LogP contribution in [0.5, 0.6) is 0 Å². The van der Waals surface area contributed by atoms with Crippen LogP contribution in [0.2, 0.25) is 5.15 Å². The van der Waals surface area contributed by atoms with E-state index in [-0.39, 0.29) is 12.4 Å². The summed E-state index contributed by atoms with van der Waals surface area (Å²) in [6.45, 7) is 1.88. The van der Waals surface area contributed by atoms with Gasteiger partial charge in [0.2, 0.25) is 6.10 Å². The van der Waals surface area contributed by atoms with E-state index in [0.717, 1.165) is 0 Å². The number of aliphatic hydroxyl groups is 1. The van der Waals surface area contributed by atoms with E-state index in [0.29, 0.717) is 5.15 Å². The van der Waals surface area contributed by atoms with Crippen LogP contribution in [-0.2, 0) is 16.6 Å². The number of aromatic nitrogens is 2. The van der Waals surface area contributed by atoms with Crippen molar-refractivity contribution >= 4 is 17.6 Å². The number of esters is 1. The molecule has 0 radical (unpaired) electrons. The molecule has 0 saturated carbocycles. The molecule has 0 fully saturated rings. The first-order valence-electron chi connectivity index (χ1n) is 4.09. The minimum absolute atomic E-state index is 0.174. The molecule has 0 saturated heterocycles. The standard InChI is InChI=1S/C8H11ClN2O3/c1-3-14-8(13)6(12)7-10-4-5(9)11(7)2/h4,6,12H,3H2,1-2H3/t6-/m1/s1. The lowest BCUT2D eigenvalue weighted by molar-refractivity contribution is -0.153. The number of nitrogens with zero attached hydrogens (tertiary/aromatic N) is 2. The molecule has 0 aliphatic heterocycles. The SMILES string of the molecule is CCOC(=O)[C@H](O)c1ncc(Cl)n1C. The summed E-state index contributed by atoms with van der Waals surface area (Å²) >= 11 is 5.69. The molecule has 0 bridgehead atoms. The number of carbonyl (C=O) groups excluding carboxylic acids is 1. The Morgan fingerprint density at radius 2 is 2.50 bits per heavy atom. The van der Waals surface area contributed by atoms with Gasteiger partial charge in [0, 0.05) is 7.05 Å². The number of carbonyl (C=O) groups is 1. The first-order valence-corrected chi connectivity index (χ1v) is 4.47. The molecule has 0 unspecified atom stereocenters. The largest absolute Gasteiger partial charge is 0.464 e. The van der Waals surface area contributed by atoms with Crippen molar-refractivity contribution in [2.75, 3.05) is 6.61 Å². The van der Waals surface area contributed by atoms with Crippen molar-refractivity contribution in [3.8, 4) is 0 Å². The molecule has 1 heterocycles. The molecule has 1 aromatic rings. The van der Waals surface area contributed by atoms with E-state index in [1.54, 1.807) is 14.0 Å². The zero-order valence-corrected chi connectivity index (χ0v) is 8.65. The summed E-state index contributed by atoms with van der Waals surface area (Å²) in [6.07, 6.45) is -0.0215. The fourth-order valence-electron chi connectivity index (χ4n) is 0.983. The zero-order chi connectivity index (χ0) is 10.7. The third-order valence-electron chi connectivity index (χ3n) is 1.72. The summed E-state index contributed by atoms with van der Waals surface area (Å²) in [7, 11) is 1.60. The van der Waals surface area contributed by atoms with Crippen molar-refractivity contribution in [3.05, 3.63) is 17.2 Å². The molecule has 0 aliphatic rings. The summed E-state index contributed by atoms with van der Waals surface area (Å²) in [5.74, 6) is -0.550. The van der Waals surface area contributed by atoms with Gasteiger partial charge in [0.1, 0.15) is 11.0 Å². The molecule has 6 heteroatoms. The van der Waals surface area contributed by atoms with Crippen LogP contribution in [0.15, 0.2) is 6.20 Å². The normalized spacial score (nSPS) is 12.6. The summed E-state index contributed by atoms with van der Waals surface area (Å²) in [5.41, 5.74) is 0. The number of rotatable bonds is 3. The van der Waals surface area contributed by atoms with E-state index in [4.69, 9.17) is 11.6 Å². The summed E-state index contributed by atoms with van der Waals surface area (Å²) in [6, 6.07) is 0. The molecule has 5 nitrogen and oxygen atoms in total. The fourth-order valence-corrected chi connectivity index (χ4v) is 1.12. The number of imidazole rings is 1. The Morgan fingerprint density at radius 1 is 1.86 bits per heavy atom. The monoisotopic (exact) mass is 218 g/mol. The number of ether oxygens (including phenoxy) is 1. The molecule has 78 valence electrons. The minimum atomic E-state index is -1.38. The van der Waals surface area contributed by atoms with Crippen LogP contribution in [0.25, 0.3) is 0 Å². The second-order valence-corrected chi connectivity index (χ2v) is 3.04. The van der Waals surface area contributed by atoms with Crippen molar-refractivity contribution in [2.45, 2.75) is 13.0 Å². The predicted octanol–water partition coefficient (Wildman–Crippen LogP) is 0.670. The quantitative estimate of drug-likeness (QED) is 0.758. The van der Waals surface area contributed by atoms with Gasteiger partial charge in [0.15, 0.2) is 0 Å². The van der Waals surface area contributed by atoms with Crippen molar-refractivity contribution in [3.63, 3.8) is 0 Å². The molecule has 0 amide bonds. The van der Waals surface area contributed by atoms with Gasteiger partial charge in [-0.1, -0.05) is 11.6 Å². The highest BCUT2D eigenvalue weighted by Gasteiger charge is 2.23. The van der Waals surface area contributed by atoms with E-state index in [9.17, 15) is 9.90 Å². The van der Waals surface area contributed by atoms with Crippen molar-refractivity contribution < 1.29 is 14.6 Å². The first-order chi connectivity index (χ1) is 6.57. The Bertz CT molecular complexity index is 337. The number of hydrogen-bond donors (Lipinski definition) is 1. The second-order valence-electron chi connectivity index (χ2n) is 2.65. The van der Waals surface area contributed by atoms with Gasteiger partial charge < -0.3 is 14.4 Å². The third-order valence-corrected chi connectivity index (χ3v) is 2.07. The molecule has 0 aromatic carbocycles. The maximum absolute atomic E-state index is 11.1. The Kier molecular flexibility index (Phi) is 3.49. The van der Waals surface area contributed by atoms with Crippen LogP contribution < -0.4 is 0 Å². The number of halogens is 1. The topological polar surface area (TPSA) is 64.3 Å². The smallest absolute Gasteiger partial charge is 0.342 e. The lowest BCUT2D eigenvalue weighted by Crippen LogP contribution is -2.18. The van der Waals surface area contributed by atoms with Gasteiger partial charge in [-0.2, -0.15) is 0 Å². The molecular weight excluding hydrogens is 208 g/mol. The van der Waals surface area contributed by atoms with Gasteiger partial charge in [-0.25, -0.2) is 9.78 Å². The number of hydrogen-bond acceptors (Lipinski definition) is 4. The molecule has 0 spiro atoms. The Balaban J connectivity index is 2.83. The van der Waals surface area contributed by atoms with Crippen molar-refractivity contribution in [1.29, 1.82) is 0 Å². The van der Waals surface area contributed by atoms with Crippen LogP contribution in [0, 0.1) is 0 Å². The second kappa shape index (κ2) is 4.43. The van der Waals surface area contributed by atoms with Crippen LogP contribution in [0.3, 0.4) is 0 Å². The van der Waals surface area contributed by atoms with Crippen LogP contribution in [-0.4, -0.2) is 27.2 Å². The molecular formula is C8H11ClN2O3. The lowest BCUT2D eigenvalue weighted by atomic mass is 10.3. The molecule has 0 aliphatic carbocycles. The molecule has 1 aromatic heterocycles. The summed E-state index contributed by atoms with van der Waals surface area (Å²) in [4.78, 5) is 14.9. The predicted molar refractivity (Wildman–Crippen MR) is 49.8 cm³/mol. The highest BCUT2D eigenvalue weighted by Crippen LogP contribution is 2.16.